The number of allylic oxidation sites excluding steroid dienone is 2. The molecule has 1 aliphatic heterocycles. The maximum absolute atomic E-state index is 12.6. The lowest BCUT2D eigenvalue weighted by Crippen LogP contribution is -2.30. The molecular formula is C15H10O5S. The highest BCUT2D eigenvalue weighted by atomic mass is 32.2. The van der Waals surface area contributed by atoms with Gasteiger partial charge >= 0.3 is 5.97 Å². The molecule has 0 radical (unpaired) electrons. The maximum Gasteiger partial charge on any atom is 0.342 e. The number of rotatable bonds is 2. The Bertz CT molecular complexity index is 744. The Morgan fingerprint density at radius 2 is 1.81 bits per heavy atom. The summed E-state index contributed by atoms with van der Waals surface area (Å²) in [5.41, 5.74) is 0.166. The van der Waals surface area contributed by atoms with Crippen LogP contribution in [-0.2, 0) is 9.53 Å². The Morgan fingerprint density at radius 1 is 1.19 bits per heavy atom. The van der Waals surface area contributed by atoms with Crippen molar-refractivity contribution in [3.8, 4) is 0 Å². The SMILES string of the molecule is COC1SC(C(=O)O)=CC2=C1C(=O)c1ccccc1C2=O. The van der Waals surface area contributed by atoms with Gasteiger partial charge in [0.05, 0.1) is 10.5 Å². The predicted molar refractivity (Wildman–Crippen MR) is 76.2 cm³/mol. The van der Waals surface area contributed by atoms with Crippen molar-refractivity contribution in [1.82, 2.24) is 0 Å². The van der Waals surface area contributed by atoms with E-state index in [-0.39, 0.29) is 27.6 Å². The minimum Gasteiger partial charge on any atom is -0.477 e. The summed E-state index contributed by atoms with van der Waals surface area (Å²) in [5, 5.41) is 9.13. The lowest BCUT2D eigenvalue weighted by Gasteiger charge is -2.28. The predicted octanol–water partition coefficient (Wildman–Crippen LogP) is 2.05. The second-order valence-electron chi connectivity index (χ2n) is 4.53. The van der Waals surface area contributed by atoms with E-state index < -0.39 is 11.4 Å². The maximum atomic E-state index is 12.6. The number of carboxylic acid groups (broad SMARTS) is 1. The summed E-state index contributed by atoms with van der Waals surface area (Å²) in [6.07, 6.45) is 1.26. The van der Waals surface area contributed by atoms with Gasteiger partial charge in [0.2, 0.25) is 0 Å². The van der Waals surface area contributed by atoms with Gasteiger partial charge in [0.15, 0.2) is 11.6 Å². The summed E-state index contributed by atoms with van der Waals surface area (Å²) in [7, 11) is 1.38. The largest absolute Gasteiger partial charge is 0.477 e. The van der Waals surface area contributed by atoms with Crippen LogP contribution in [0.4, 0.5) is 0 Å². The number of fused-ring (bicyclic) bond motifs is 1. The van der Waals surface area contributed by atoms with Crippen LogP contribution in [0.15, 0.2) is 46.4 Å². The molecule has 1 heterocycles. The summed E-state index contributed by atoms with van der Waals surface area (Å²) in [4.78, 5) is 36.2. The second kappa shape index (κ2) is 4.98. The van der Waals surface area contributed by atoms with Crippen LogP contribution in [-0.4, -0.2) is 35.2 Å². The highest BCUT2D eigenvalue weighted by Crippen LogP contribution is 2.40. The number of Topliss-reactive ketones (excluding diaryl/α,β-unsaturated/α-hetero) is 2. The topological polar surface area (TPSA) is 80.7 Å². The average molecular weight is 302 g/mol. The minimum absolute atomic E-state index is 0.0128. The second-order valence-corrected chi connectivity index (χ2v) is 5.63. The van der Waals surface area contributed by atoms with E-state index in [2.05, 4.69) is 0 Å². The van der Waals surface area contributed by atoms with Gasteiger partial charge in [0.25, 0.3) is 0 Å². The van der Waals surface area contributed by atoms with Crippen LogP contribution < -0.4 is 0 Å². The molecule has 1 unspecified atom stereocenters. The summed E-state index contributed by atoms with van der Waals surface area (Å²) in [6, 6.07) is 6.51. The highest BCUT2D eigenvalue weighted by molar-refractivity contribution is 8.04. The van der Waals surface area contributed by atoms with Gasteiger partial charge in [-0.3, -0.25) is 9.59 Å². The molecule has 0 spiro atoms. The van der Waals surface area contributed by atoms with Gasteiger partial charge in [-0.25, -0.2) is 4.79 Å². The molecule has 106 valence electrons. The van der Waals surface area contributed by atoms with Crippen LogP contribution in [0.3, 0.4) is 0 Å². The number of carbonyl (C=O) groups is 3. The monoisotopic (exact) mass is 302 g/mol. The molecule has 1 atom stereocenters. The number of ether oxygens (including phenoxy) is 1. The minimum atomic E-state index is -1.15. The van der Waals surface area contributed by atoms with E-state index >= 15 is 0 Å². The number of carboxylic acids is 1. The van der Waals surface area contributed by atoms with Crippen LogP contribution in [0.25, 0.3) is 0 Å². The zero-order chi connectivity index (χ0) is 15.1. The molecule has 0 bridgehead atoms. The molecule has 1 aromatic rings. The number of thioether (sulfide) groups is 1. The third-order valence-corrected chi connectivity index (χ3v) is 4.55. The molecule has 6 heteroatoms. The molecule has 0 aromatic heterocycles. The molecule has 5 nitrogen and oxygen atoms in total. The molecule has 0 saturated carbocycles. The van der Waals surface area contributed by atoms with Crippen molar-refractivity contribution < 1.29 is 24.2 Å². The first-order valence-electron chi connectivity index (χ1n) is 6.11. The van der Waals surface area contributed by atoms with Gasteiger partial charge in [0, 0.05) is 23.8 Å². The number of aliphatic carboxylic acids is 1. The first-order valence-corrected chi connectivity index (χ1v) is 6.99. The van der Waals surface area contributed by atoms with Crippen molar-refractivity contribution >= 4 is 29.3 Å². The summed E-state index contributed by atoms with van der Waals surface area (Å²) in [6.45, 7) is 0. The van der Waals surface area contributed by atoms with Gasteiger partial charge in [-0.05, 0) is 6.08 Å². The van der Waals surface area contributed by atoms with Crippen LogP contribution in [0.5, 0.6) is 0 Å². The summed E-state index contributed by atoms with van der Waals surface area (Å²) >= 11 is 0.914. The van der Waals surface area contributed by atoms with E-state index in [0.717, 1.165) is 11.8 Å². The fourth-order valence-electron chi connectivity index (χ4n) is 2.41. The Kier molecular flexibility index (Phi) is 3.27. The van der Waals surface area contributed by atoms with Crippen LogP contribution in [0.2, 0.25) is 0 Å². The summed E-state index contributed by atoms with van der Waals surface area (Å²) < 4.78 is 5.20. The van der Waals surface area contributed by atoms with Crippen molar-refractivity contribution in [3.63, 3.8) is 0 Å². The van der Waals surface area contributed by atoms with E-state index in [1.54, 1.807) is 24.3 Å². The van der Waals surface area contributed by atoms with Crippen molar-refractivity contribution in [1.29, 1.82) is 0 Å². The molecule has 1 aromatic carbocycles. The first kappa shape index (κ1) is 13.8. The molecule has 3 rings (SSSR count). The Morgan fingerprint density at radius 3 is 2.38 bits per heavy atom. The average Bonchev–Trinajstić information content (AvgIpc) is 2.51. The third kappa shape index (κ3) is 2.03. The normalized spacial score (nSPS) is 20.8. The molecule has 21 heavy (non-hydrogen) atoms. The smallest absolute Gasteiger partial charge is 0.342 e. The molecule has 0 saturated heterocycles. The lowest BCUT2D eigenvalue weighted by molar-refractivity contribution is -0.131. The van der Waals surface area contributed by atoms with Crippen molar-refractivity contribution in [2.75, 3.05) is 7.11 Å². The van der Waals surface area contributed by atoms with Crippen LogP contribution in [0.1, 0.15) is 20.7 Å². The van der Waals surface area contributed by atoms with E-state index in [4.69, 9.17) is 9.84 Å². The van der Waals surface area contributed by atoms with E-state index in [9.17, 15) is 14.4 Å². The first-order chi connectivity index (χ1) is 10.0. The summed E-state index contributed by atoms with van der Waals surface area (Å²) in [5.74, 6) is -1.78. The number of benzene rings is 1. The lowest BCUT2D eigenvalue weighted by atomic mass is 9.83. The number of carbonyl (C=O) groups excluding carboxylic acids is 2. The van der Waals surface area contributed by atoms with Crippen molar-refractivity contribution in [2.45, 2.75) is 5.44 Å². The quantitative estimate of drug-likeness (QED) is 0.900. The molecule has 0 fully saturated rings. The number of hydrogen-bond acceptors (Lipinski definition) is 5. The van der Waals surface area contributed by atoms with Crippen molar-refractivity contribution in [2.24, 2.45) is 0 Å². The van der Waals surface area contributed by atoms with Crippen LogP contribution >= 0.6 is 11.8 Å². The molecule has 0 amide bonds. The fourth-order valence-corrected chi connectivity index (χ4v) is 3.37. The molecular weight excluding hydrogens is 292 g/mol. The van der Waals surface area contributed by atoms with Gasteiger partial charge in [-0.2, -0.15) is 0 Å². The van der Waals surface area contributed by atoms with Gasteiger partial charge in [-0.1, -0.05) is 36.0 Å². The zero-order valence-electron chi connectivity index (χ0n) is 11.0. The van der Waals surface area contributed by atoms with E-state index in [0.29, 0.717) is 11.1 Å². The van der Waals surface area contributed by atoms with E-state index in [1.165, 1.54) is 13.2 Å². The standard InChI is InChI=1S/C15H10O5S/c1-20-15-11-9(6-10(21-15)14(18)19)12(16)7-4-2-3-5-8(7)13(11)17/h2-6,15H,1H3,(H,18,19). The fraction of sp³-hybridized carbons (Fsp3) is 0.133. The number of hydrogen-bond donors (Lipinski definition) is 1. The Balaban J connectivity index is 2.23. The zero-order valence-corrected chi connectivity index (χ0v) is 11.8. The van der Waals surface area contributed by atoms with Gasteiger partial charge in [-0.15, -0.1) is 0 Å². The van der Waals surface area contributed by atoms with Crippen LogP contribution in [0, 0.1) is 0 Å². The molecule has 1 N–H and O–H groups in total. The van der Waals surface area contributed by atoms with Gasteiger partial charge < -0.3 is 9.84 Å². The number of ketones is 2. The third-order valence-electron chi connectivity index (χ3n) is 3.37. The Hall–Kier alpha value is -2.18. The molecule has 2 aliphatic rings. The number of methoxy groups -OCH3 is 1. The van der Waals surface area contributed by atoms with E-state index in [1.807, 2.05) is 0 Å². The van der Waals surface area contributed by atoms with Gasteiger partial charge in [0.1, 0.15) is 5.44 Å². The Labute approximate surface area is 124 Å². The highest BCUT2D eigenvalue weighted by Gasteiger charge is 2.39. The van der Waals surface area contributed by atoms with Crippen molar-refractivity contribution in [3.05, 3.63) is 57.5 Å². The molecule has 1 aliphatic carbocycles.